The van der Waals surface area contributed by atoms with E-state index in [9.17, 15) is 0 Å². The normalized spacial score (nSPS) is 10.7. The van der Waals surface area contributed by atoms with Gasteiger partial charge in [0.1, 0.15) is 5.75 Å². The molecule has 1 heterocycles. The van der Waals surface area contributed by atoms with Crippen LogP contribution >= 0.6 is 0 Å². The van der Waals surface area contributed by atoms with Crippen LogP contribution in [0.1, 0.15) is 25.3 Å². The van der Waals surface area contributed by atoms with Gasteiger partial charge in [-0.05, 0) is 30.5 Å². The largest absolute Gasteiger partial charge is 0.497 e. The number of aromatic nitrogens is 3. The van der Waals surface area contributed by atoms with Crippen molar-refractivity contribution in [2.24, 2.45) is 5.73 Å². The van der Waals surface area contributed by atoms with Crippen LogP contribution in [0.5, 0.6) is 5.75 Å². The highest BCUT2D eigenvalue weighted by atomic mass is 16.5. The second-order valence-corrected chi connectivity index (χ2v) is 7.05. The van der Waals surface area contributed by atoms with Crippen LogP contribution in [-0.2, 0) is 15.9 Å². The Morgan fingerprint density at radius 2 is 1.38 bits per heavy atom. The van der Waals surface area contributed by atoms with Crippen molar-refractivity contribution in [3.8, 4) is 5.75 Å². The highest BCUT2D eigenvalue weighted by molar-refractivity contribution is 5.42. The van der Waals surface area contributed by atoms with Crippen LogP contribution in [-0.4, -0.2) is 74.7 Å². The van der Waals surface area contributed by atoms with Crippen LogP contribution in [0, 0.1) is 0 Å². The smallest absolute Gasteiger partial charge is 0.229 e. The van der Waals surface area contributed by atoms with Crippen molar-refractivity contribution >= 4 is 17.8 Å². The van der Waals surface area contributed by atoms with Crippen molar-refractivity contribution < 1.29 is 14.2 Å². The molecule has 2 rings (SSSR count). The number of anilines is 3. The summed E-state index contributed by atoms with van der Waals surface area (Å²) < 4.78 is 16.0. The summed E-state index contributed by atoms with van der Waals surface area (Å²) in [5.41, 5.74) is 6.59. The van der Waals surface area contributed by atoms with Gasteiger partial charge >= 0.3 is 0 Å². The van der Waals surface area contributed by atoms with Gasteiger partial charge in [-0.15, -0.1) is 0 Å². The zero-order valence-electron chi connectivity index (χ0n) is 19.2. The van der Waals surface area contributed by atoms with Crippen LogP contribution in [0.2, 0.25) is 0 Å². The van der Waals surface area contributed by atoms with Gasteiger partial charge in [-0.1, -0.05) is 25.5 Å². The molecule has 0 fully saturated rings. The van der Waals surface area contributed by atoms with Crippen molar-refractivity contribution in [3.05, 3.63) is 29.8 Å². The summed E-state index contributed by atoms with van der Waals surface area (Å²) in [5.74, 6) is 2.45. The Morgan fingerprint density at radius 1 is 0.781 bits per heavy atom. The van der Waals surface area contributed by atoms with E-state index in [2.05, 4.69) is 50.0 Å². The molecular weight excluding hydrogens is 410 g/mol. The lowest BCUT2D eigenvalue weighted by molar-refractivity contribution is 0.0547. The molecule has 0 bridgehead atoms. The number of nitrogens with one attached hydrogen (secondary N) is 3. The van der Waals surface area contributed by atoms with E-state index in [1.54, 1.807) is 7.11 Å². The number of ether oxygens (including phenoxy) is 3. The number of unbranched alkanes of at least 4 members (excludes halogenated alkanes) is 1. The third-order valence-electron chi connectivity index (χ3n) is 4.47. The number of nitrogens with zero attached hydrogens (tertiary/aromatic N) is 3. The maximum Gasteiger partial charge on any atom is 0.229 e. The monoisotopic (exact) mass is 447 g/mol. The first kappa shape index (κ1) is 25.6. The summed E-state index contributed by atoms with van der Waals surface area (Å²) in [6.45, 7) is 6.91. The van der Waals surface area contributed by atoms with Gasteiger partial charge in [0.2, 0.25) is 17.8 Å². The van der Waals surface area contributed by atoms with E-state index in [0.717, 1.165) is 31.6 Å². The second-order valence-electron chi connectivity index (χ2n) is 7.05. The Labute approximate surface area is 190 Å². The molecule has 0 spiro atoms. The van der Waals surface area contributed by atoms with Crippen LogP contribution in [0.4, 0.5) is 17.8 Å². The van der Waals surface area contributed by atoms with E-state index in [-0.39, 0.29) is 0 Å². The van der Waals surface area contributed by atoms with E-state index < -0.39 is 0 Å². The minimum atomic E-state index is 0.508. The average Bonchev–Trinajstić information content (AvgIpc) is 2.81. The van der Waals surface area contributed by atoms with Gasteiger partial charge in [-0.25, -0.2) is 0 Å². The molecule has 0 atom stereocenters. The summed E-state index contributed by atoms with van der Waals surface area (Å²) >= 11 is 0. The van der Waals surface area contributed by atoms with Crippen molar-refractivity contribution in [3.63, 3.8) is 0 Å². The molecule has 10 nitrogen and oxygen atoms in total. The van der Waals surface area contributed by atoms with E-state index in [0.29, 0.717) is 63.9 Å². The molecule has 0 aliphatic rings. The highest BCUT2D eigenvalue weighted by Crippen LogP contribution is 2.13. The number of hydrogen-bond acceptors (Lipinski definition) is 10. The van der Waals surface area contributed by atoms with E-state index in [4.69, 9.17) is 19.9 Å². The molecule has 178 valence electrons. The first-order chi connectivity index (χ1) is 15.7. The lowest BCUT2D eigenvalue weighted by Gasteiger charge is -2.12. The fraction of sp³-hybridized carbons (Fsp3) is 0.591. The van der Waals surface area contributed by atoms with Crippen LogP contribution in [0.3, 0.4) is 0 Å². The van der Waals surface area contributed by atoms with Crippen molar-refractivity contribution in [1.82, 2.24) is 15.0 Å². The lowest BCUT2D eigenvalue weighted by Crippen LogP contribution is -2.17. The number of nitrogens with two attached hydrogens (primary N) is 1. The minimum Gasteiger partial charge on any atom is -0.497 e. The van der Waals surface area contributed by atoms with Gasteiger partial charge in [-0.2, -0.15) is 15.0 Å². The third kappa shape index (κ3) is 10.6. The highest BCUT2D eigenvalue weighted by Gasteiger charge is 2.06. The van der Waals surface area contributed by atoms with Gasteiger partial charge in [0.15, 0.2) is 0 Å². The molecule has 2 aromatic rings. The molecule has 0 radical (unpaired) electrons. The summed E-state index contributed by atoms with van der Waals surface area (Å²) in [4.78, 5) is 13.4. The molecule has 0 saturated heterocycles. The molecule has 0 amide bonds. The van der Waals surface area contributed by atoms with Gasteiger partial charge in [-0.3, -0.25) is 0 Å². The minimum absolute atomic E-state index is 0.508. The maximum absolute atomic E-state index is 5.53. The Kier molecular flexibility index (Phi) is 12.8. The molecule has 10 heteroatoms. The molecule has 1 aromatic carbocycles. The number of benzene rings is 1. The molecule has 0 unspecified atom stereocenters. The Balaban J connectivity index is 1.83. The molecule has 5 N–H and O–H groups in total. The molecular formula is C22H37N7O3. The van der Waals surface area contributed by atoms with Gasteiger partial charge in [0.05, 0.1) is 33.5 Å². The zero-order chi connectivity index (χ0) is 22.9. The third-order valence-corrected chi connectivity index (χ3v) is 4.47. The Hall–Kier alpha value is -2.69. The molecule has 0 aliphatic heterocycles. The van der Waals surface area contributed by atoms with Gasteiger partial charge < -0.3 is 35.9 Å². The zero-order valence-corrected chi connectivity index (χ0v) is 19.2. The summed E-state index contributed by atoms with van der Waals surface area (Å²) in [7, 11) is 1.67. The summed E-state index contributed by atoms with van der Waals surface area (Å²) in [6.07, 6.45) is 2.99. The van der Waals surface area contributed by atoms with Crippen molar-refractivity contribution in [2.45, 2.75) is 26.2 Å². The molecule has 0 aliphatic carbocycles. The molecule has 32 heavy (non-hydrogen) atoms. The molecule has 0 saturated carbocycles. The van der Waals surface area contributed by atoms with E-state index in [1.807, 2.05) is 12.1 Å². The molecule has 1 aromatic heterocycles. The predicted molar refractivity (Wildman–Crippen MR) is 128 cm³/mol. The first-order valence-corrected chi connectivity index (χ1v) is 11.2. The fourth-order valence-corrected chi connectivity index (χ4v) is 2.74. The SMILES string of the molecule is CCCCNc1nc(NCCOCCOCCN)nc(NCCc2ccc(OC)cc2)n1. The average molecular weight is 448 g/mol. The quantitative estimate of drug-likeness (QED) is 0.252. The van der Waals surface area contributed by atoms with Crippen molar-refractivity contribution in [1.29, 1.82) is 0 Å². The summed E-state index contributed by atoms with van der Waals surface area (Å²) in [5, 5.41) is 9.75. The van der Waals surface area contributed by atoms with E-state index in [1.165, 1.54) is 5.56 Å². The fourth-order valence-electron chi connectivity index (χ4n) is 2.74. The maximum atomic E-state index is 5.53. The topological polar surface area (TPSA) is 128 Å². The second kappa shape index (κ2) is 16.0. The van der Waals surface area contributed by atoms with Gasteiger partial charge in [0, 0.05) is 26.2 Å². The predicted octanol–water partition coefficient (Wildman–Crippen LogP) is 2.15. The summed E-state index contributed by atoms with van der Waals surface area (Å²) in [6, 6.07) is 8.03. The van der Waals surface area contributed by atoms with Crippen LogP contribution in [0.25, 0.3) is 0 Å². The Bertz CT molecular complexity index is 747. The lowest BCUT2D eigenvalue weighted by atomic mass is 10.1. The van der Waals surface area contributed by atoms with Crippen LogP contribution < -0.4 is 26.4 Å². The standard InChI is InChI=1S/C22H37N7O3/c1-3-4-11-24-20-27-21(25-12-9-18-5-7-19(30-2)8-6-18)29-22(28-20)26-13-15-32-17-16-31-14-10-23/h5-8H,3-4,9-17,23H2,1-2H3,(H3,24,25,26,27,28,29). The number of methoxy groups -OCH3 is 1. The van der Waals surface area contributed by atoms with Crippen molar-refractivity contribution in [2.75, 3.05) is 75.7 Å². The Morgan fingerprint density at radius 3 is 1.97 bits per heavy atom. The van der Waals surface area contributed by atoms with Crippen LogP contribution in [0.15, 0.2) is 24.3 Å². The number of hydrogen-bond donors (Lipinski definition) is 4. The number of rotatable bonds is 18. The first-order valence-electron chi connectivity index (χ1n) is 11.2. The van der Waals surface area contributed by atoms with E-state index >= 15 is 0 Å². The van der Waals surface area contributed by atoms with Gasteiger partial charge in [0.25, 0.3) is 0 Å².